The van der Waals surface area contributed by atoms with Gasteiger partial charge in [0.05, 0.1) is 26.2 Å². The molecule has 8 heterocycles. The molecule has 6 aliphatic heterocycles. The molecular formula is C67H94N10O19S4Si3+2. The van der Waals surface area contributed by atoms with Crippen molar-refractivity contribution in [1.82, 2.24) is 8.47 Å². The number of aromatic nitrogens is 2. The standard InChI is InChI=1S/C67H92N10O19S4Si3/c1-6-7-31-77(35-19-48-100(89,90)91,38-40-93-42-44-94-43-41-92-39-30-59(78)79)37-21-50-102(4,5)96-103(95-101(2,3)49-20-36-76(32-16-45-97(80,81)82,33-17-46-98(83,84)85)34-18-47-99(86,87)88)72-60-51-22-8-9-23-52(51)61(72)69-63-55-26-12-13-27-56(55)65(74(63)103)71-67-58-29-15-14-28-57(58)66(75(67)103)70-64-54-25-11-10-24-53(54)62(68-60)73(64)103/h8-15,22-29H,6-7,16-21,30-50H2,1-5H3,(H3-2,78,79,80,81,82,83,84,85,86,87,88,89,90,91)/p+2. The topological polar surface area (TPSA) is 366 Å². The van der Waals surface area contributed by atoms with E-state index in [1.165, 1.54) is 0 Å². The molecule has 36 heteroatoms. The van der Waals surface area contributed by atoms with Crippen LogP contribution in [0.4, 0.5) is 11.6 Å². The Labute approximate surface area is 602 Å². The third kappa shape index (κ3) is 14.4. The molecule has 6 aromatic rings. The summed E-state index contributed by atoms with van der Waals surface area (Å²) in [6.07, 6.45) is 2.30. The van der Waals surface area contributed by atoms with Crippen LogP contribution < -0.4 is 11.0 Å². The number of hydrogen-bond acceptors (Lipinski definition) is 18. The molecule has 2 aromatic heterocycles. The van der Waals surface area contributed by atoms with Crippen LogP contribution in [0.5, 0.6) is 0 Å². The SMILES string of the molecule is CCCC[N+](CCC[Si](C)(C)O[Si-2]123(O[Si](C)(C)CCC[N+](CCCS(=O)(=O)O)(CCCS(=O)(=O)O)CCCS(=O)(=O)O)n4c5c6ccccc6c4N=C4c6ccccc6C(=[N+]41)N=c1c4ccccc4c(n12)=NC1=[N+]3C(=N5)c2ccccc21)(CCCS(=O)(=O)O)CCOCCOCCOCCC(=O)O. The number of carbonyl (C=O) groups is 1. The predicted molar refractivity (Wildman–Crippen MR) is 396 cm³/mol. The summed E-state index contributed by atoms with van der Waals surface area (Å²) in [6.45, 7) is 14.6. The van der Waals surface area contributed by atoms with Crippen LogP contribution in [0, 0.1) is 0 Å². The van der Waals surface area contributed by atoms with E-state index in [4.69, 9.17) is 39.3 Å². The number of hydrogen-bond donors (Lipinski definition) is 5. The second-order valence-electron chi connectivity index (χ2n) is 29.3. The van der Waals surface area contributed by atoms with Crippen LogP contribution in [0.15, 0.2) is 117 Å². The number of aliphatic imine (C=N–C) groups is 2. The Morgan fingerprint density at radius 1 is 0.447 bits per heavy atom. The molecule has 0 saturated heterocycles. The molecule has 0 bridgehead atoms. The van der Waals surface area contributed by atoms with E-state index >= 15 is 0 Å². The first-order chi connectivity index (χ1) is 48.6. The van der Waals surface area contributed by atoms with Crippen molar-refractivity contribution in [2.45, 2.75) is 103 Å². The van der Waals surface area contributed by atoms with Gasteiger partial charge in [-0.1, -0.05) is 0 Å². The van der Waals surface area contributed by atoms with Gasteiger partial charge in [-0.2, -0.15) is 0 Å². The number of carboxylic acid groups (broad SMARTS) is 1. The predicted octanol–water partition coefficient (Wildman–Crippen LogP) is 6.62. The Hall–Kier alpha value is -6.28. The number of unbranched alkanes of at least 4 members (excludes halogenated alkanes) is 1. The zero-order valence-corrected chi connectivity index (χ0v) is 65.1. The van der Waals surface area contributed by atoms with Gasteiger partial charge in [-0.15, -0.1) is 0 Å². The smallest absolute Gasteiger partial charge is 0.481 e. The molecule has 0 amide bonds. The minimum absolute atomic E-state index is 0.0449. The van der Waals surface area contributed by atoms with Gasteiger partial charge in [0, 0.05) is 0 Å². The number of rotatable bonds is 43. The number of aliphatic carboxylic acids is 1. The molecule has 6 aliphatic rings. The Bertz CT molecular complexity index is 4870. The summed E-state index contributed by atoms with van der Waals surface area (Å²) >= 11 is 0. The molecule has 1 spiro atoms. The zero-order chi connectivity index (χ0) is 73.7. The average molecular weight is 1560 g/mol. The molecule has 5 N–H and O–H groups in total. The fraction of sp³-hybridized carbons (Fsp3) is 0.507. The molecule has 0 aliphatic carbocycles. The number of amidine groups is 4. The van der Waals surface area contributed by atoms with Crippen molar-refractivity contribution < 1.29 is 102 Å². The normalized spacial score (nSPS) is 18.0. The van der Waals surface area contributed by atoms with E-state index in [9.17, 15) is 64.9 Å². The van der Waals surface area contributed by atoms with Crippen LogP contribution in [-0.2, 0) is 67.7 Å². The molecule has 0 fully saturated rings. The van der Waals surface area contributed by atoms with E-state index in [2.05, 4.69) is 50.1 Å². The van der Waals surface area contributed by atoms with Crippen molar-refractivity contribution in [3.05, 3.63) is 130 Å². The zero-order valence-electron chi connectivity index (χ0n) is 58.8. The van der Waals surface area contributed by atoms with E-state index in [1.807, 2.05) is 97.1 Å². The van der Waals surface area contributed by atoms with Gasteiger partial charge in [0.15, 0.2) is 0 Å². The van der Waals surface area contributed by atoms with Crippen molar-refractivity contribution in [1.29, 1.82) is 0 Å². The monoisotopic (exact) mass is 1550 g/mol. The van der Waals surface area contributed by atoms with Crippen LogP contribution in [0.25, 0.3) is 21.5 Å². The molecule has 103 heavy (non-hydrogen) atoms. The Morgan fingerprint density at radius 3 is 1.17 bits per heavy atom. The van der Waals surface area contributed by atoms with Gasteiger partial charge in [-0.25, -0.2) is 0 Å². The molecule has 12 rings (SSSR count). The first-order valence-electron chi connectivity index (χ1n) is 35.3. The fourth-order valence-corrected chi connectivity index (χ4v) is 41.3. The van der Waals surface area contributed by atoms with Crippen molar-refractivity contribution in [2.75, 3.05) is 115 Å². The van der Waals surface area contributed by atoms with Gasteiger partial charge >= 0.3 is 565 Å². The second kappa shape index (κ2) is 28.5. The van der Waals surface area contributed by atoms with Gasteiger partial charge < -0.3 is 9.84 Å². The second-order valence-corrected chi connectivity index (χ2v) is 49.8. The van der Waals surface area contributed by atoms with Crippen molar-refractivity contribution in [3.8, 4) is 0 Å². The maximum absolute atomic E-state index is 12.5. The number of carboxylic acids is 1. The molecule has 29 nitrogen and oxygen atoms in total. The molecule has 0 radical (unpaired) electrons. The summed E-state index contributed by atoms with van der Waals surface area (Å²) in [5.74, 6) is -0.221. The Morgan fingerprint density at radius 2 is 0.786 bits per heavy atom. The van der Waals surface area contributed by atoms with Crippen LogP contribution >= 0.6 is 0 Å². The van der Waals surface area contributed by atoms with E-state index < -0.39 is 93.8 Å². The summed E-state index contributed by atoms with van der Waals surface area (Å²) < 4.78 is 185. The maximum atomic E-state index is 12.5. The molecule has 1 atom stereocenters. The third-order valence-electron chi connectivity index (χ3n) is 21.0. The molecule has 0 saturated carbocycles. The van der Waals surface area contributed by atoms with Gasteiger partial charge in [0.1, 0.15) is 0 Å². The first kappa shape index (κ1) is 76.4. The number of ether oxygens (including phenoxy) is 3. The van der Waals surface area contributed by atoms with Crippen molar-refractivity contribution >= 4 is 127 Å². The minimum Gasteiger partial charge on any atom is -0.481 e. The molecule has 1 unspecified atom stereocenters. The minimum atomic E-state index is -7.38. The summed E-state index contributed by atoms with van der Waals surface area (Å²) in [5, 5.41) is 12.0. The summed E-state index contributed by atoms with van der Waals surface area (Å²) in [4.78, 5) is 34.4. The van der Waals surface area contributed by atoms with E-state index in [1.54, 1.807) is 0 Å². The summed E-state index contributed by atoms with van der Waals surface area (Å²) in [7, 11) is -32.6. The number of benzene rings is 4. The van der Waals surface area contributed by atoms with Crippen LogP contribution in [0.2, 0.25) is 38.3 Å². The summed E-state index contributed by atoms with van der Waals surface area (Å²) in [5.41, 5.74) is 4.07. The number of fused-ring (bicyclic) bond motifs is 12. The molecule has 4 aromatic carbocycles. The van der Waals surface area contributed by atoms with E-state index in [0.29, 0.717) is 108 Å². The van der Waals surface area contributed by atoms with Crippen LogP contribution in [0.1, 0.15) is 87.0 Å². The number of nitrogens with zero attached hydrogens (tertiary/aromatic N) is 10. The Balaban J connectivity index is 1.06. The van der Waals surface area contributed by atoms with E-state index in [0.717, 1.165) is 56.6 Å². The van der Waals surface area contributed by atoms with E-state index in [-0.39, 0.29) is 95.8 Å². The first-order valence-corrected chi connectivity index (χ1v) is 50.5. The van der Waals surface area contributed by atoms with Crippen LogP contribution in [0.3, 0.4) is 0 Å². The van der Waals surface area contributed by atoms with Gasteiger partial charge in [0.2, 0.25) is 0 Å². The van der Waals surface area contributed by atoms with Gasteiger partial charge in [0.25, 0.3) is 0 Å². The van der Waals surface area contributed by atoms with Gasteiger partial charge in [-0.3, -0.25) is 4.79 Å². The quantitative estimate of drug-likeness (QED) is 0.0116. The molecule has 560 valence electrons. The van der Waals surface area contributed by atoms with Gasteiger partial charge in [-0.05, 0) is 0 Å². The van der Waals surface area contributed by atoms with Crippen molar-refractivity contribution in [2.24, 2.45) is 20.0 Å². The third-order valence-corrected chi connectivity index (χ3v) is 40.9. The average Bonchev–Trinajstić information content (AvgIpc) is 1.50. The van der Waals surface area contributed by atoms with Crippen molar-refractivity contribution in [3.63, 3.8) is 0 Å². The molecular weight excluding hydrogens is 1460 g/mol. The Kier molecular flexibility index (Phi) is 21.1. The van der Waals surface area contributed by atoms with Crippen LogP contribution in [-0.4, -0.2) is 252 Å². The number of quaternary nitrogens is 2. The summed E-state index contributed by atoms with van der Waals surface area (Å²) in [6, 6.07) is 32.9. The fourth-order valence-electron chi connectivity index (χ4n) is 17.1.